The van der Waals surface area contributed by atoms with Gasteiger partial charge < -0.3 is 4.74 Å². The molecule has 0 N–H and O–H groups in total. The third-order valence-corrected chi connectivity index (χ3v) is 1.70. The number of hydrogen-bond donors (Lipinski definition) is 0. The first kappa shape index (κ1) is 10.7. The first-order valence-corrected chi connectivity index (χ1v) is 4.62. The summed E-state index contributed by atoms with van der Waals surface area (Å²) >= 11 is 0. The monoisotopic (exact) mass is 196 g/mol. The van der Waals surface area contributed by atoms with Gasteiger partial charge in [-0.15, -0.1) is 0 Å². The van der Waals surface area contributed by atoms with Gasteiger partial charge in [0.15, 0.2) is 0 Å². The molecular formula is C11H13FO2. The molecule has 14 heavy (non-hydrogen) atoms. The molecule has 0 unspecified atom stereocenters. The summed E-state index contributed by atoms with van der Waals surface area (Å²) in [5.41, 5.74) is 0.645. The summed E-state index contributed by atoms with van der Waals surface area (Å²) in [6.07, 6.45) is 0.937. The molecule has 0 spiro atoms. The molecule has 0 radical (unpaired) electrons. The molecule has 0 fully saturated rings. The van der Waals surface area contributed by atoms with Crippen molar-refractivity contribution in [2.45, 2.75) is 19.8 Å². The second-order valence-corrected chi connectivity index (χ2v) is 3.03. The minimum Gasteiger partial charge on any atom is -0.465 e. The van der Waals surface area contributed by atoms with Crippen LogP contribution in [-0.2, 0) is 16.0 Å². The van der Waals surface area contributed by atoms with Gasteiger partial charge in [0.25, 0.3) is 0 Å². The average molecular weight is 196 g/mol. The molecule has 0 saturated heterocycles. The van der Waals surface area contributed by atoms with Crippen molar-refractivity contribution in [1.29, 1.82) is 0 Å². The number of ether oxygens (including phenoxy) is 1. The minimum absolute atomic E-state index is 0.137. The van der Waals surface area contributed by atoms with Crippen LogP contribution in [0.3, 0.4) is 0 Å². The SMILES string of the molecule is CCCOC(=O)Cc1cccc(F)c1. The molecule has 0 atom stereocenters. The molecule has 0 bridgehead atoms. The third kappa shape index (κ3) is 3.56. The molecule has 0 aliphatic heterocycles. The molecule has 3 heteroatoms. The van der Waals surface area contributed by atoms with E-state index in [-0.39, 0.29) is 18.2 Å². The predicted octanol–water partition coefficient (Wildman–Crippen LogP) is 2.32. The van der Waals surface area contributed by atoms with Crippen LogP contribution in [-0.4, -0.2) is 12.6 Å². The van der Waals surface area contributed by atoms with Crippen LogP contribution in [0.1, 0.15) is 18.9 Å². The summed E-state index contributed by atoms with van der Waals surface area (Å²) in [5, 5.41) is 0. The number of halogens is 1. The van der Waals surface area contributed by atoms with Gasteiger partial charge >= 0.3 is 5.97 Å². The van der Waals surface area contributed by atoms with Crippen molar-refractivity contribution in [2.24, 2.45) is 0 Å². The van der Waals surface area contributed by atoms with Gasteiger partial charge in [0, 0.05) is 0 Å². The van der Waals surface area contributed by atoms with Crippen molar-refractivity contribution in [1.82, 2.24) is 0 Å². The fraction of sp³-hybridized carbons (Fsp3) is 0.364. The van der Waals surface area contributed by atoms with Gasteiger partial charge in [0.1, 0.15) is 5.82 Å². The molecule has 0 aliphatic rings. The highest BCUT2D eigenvalue weighted by molar-refractivity contribution is 5.72. The standard InChI is InChI=1S/C11H13FO2/c1-2-6-14-11(13)8-9-4-3-5-10(12)7-9/h3-5,7H,2,6,8H2,1H3. The molecule has 1 aromatic carbocycles. The molecule has 0 saturated carbocycles. The Balaban J connectivity index is 2.47. The number of rotatable bonds is 4. The third-order valence-electron chi connectivity index (χ3n) is 1.70. The van der Waals surface area contributed by atoms with Crippen LogP contribution in [0.25, 0.3) is 0 Å². The van der Waals surface area contributed by atoms with Crippen LogP contribution >= 0.6 is 0 Å². The second-order valence-electron chi connectivity index (χ2n) is 3.03. The van der Waals surface area contributed by atoms with Crippen LogP contribution in [0.2, 0.25) is 0 Å². The maximum atomic E-state index is 12.7. The predicted molar refractivity (Wildman–Crippen MR) is 51.4 cm³/mol. The minimum atomic E-state index is -0.328. The molecule has 76 valence electrons. The molecule has 1 rings (SSSR count). The molecular weight excluding hydrogens is 183 g/mol. The highest BCUT2D eigenvalue weighted by Gasteiger charge is 2.04. The molecule has 1 aromatic rings. The van der Waals surface area contributed by atoms with E-state index in [1.54, 1.807) is 12.1 Å². The van der Waals surface area contributed by atoms with Crippen LogP contribution in [0.15, 0.2) is 24.3 Å². The zero-order chi connectivity index (χ0) is 10.4. The Hall–Kier alpha value is -1.38. The van der Waals surface area contributed by atoms with Gasteiger partial charge in [-0.1, -0.05) is 19.1 Å². The highest BCUT2D eigenvalue weighted by atomic mass is 19.1. The summed E-state index contributed by atoms with van der Waals surface area (Å²) in [6, 6.07) is 5.97. The zero-order valence-electron chi connectivity index (χ0n) is 8.13. The van der Waals surface area contributed by atoms with E-state index in [0.717, 1.165) is 6.42 Å². The van der Waals surface area contributed by atoms with E-state index >= 15 is 0 Å². The van der Waals surface area contributed by atoms with E-state index in [9.17, 15) is 9.18 Å². The lowest BCUT2D eigenvalue weighted by atomic mass is 10.1. The summed E-state index contributed by atoms with van der Waals surface area (Å²) in [7, 11) is 0. The Labute approximate surface area is 82.7 Å². The number of esters is 1. The molecule has 2 nitrogen and oxygen atoms in total. The lowest BCUT2D eigenvalue weighted by Crippen LogP contribution is -2.08. The average Bonchev–Trinajstić information content (AvgIpc) is 2.15. The zero-order valence-corrected chi connectivity index (χ0v) is 8.13. The Morgan fingerprint density at radius 1 is 1.50 bits per heavy atom. The molecule has 0 aromatic heterocycles. The smallest absolute Gasteiger partial charge is 0.310 e. The summed E-state index contributed by atoms with van der Waals surface area (Å²) in [6.45, 7) is 2.35. The van der Waals surface area contributed by atoms with Crippen LogP contribution < -0.4 is 0 Å². The number of hydrogen-bond acceptors (Lipinski definition) is 2. The van der Waals surface area contributed by atoms with E-state index in [1.165, 1.54) is 12.1 Å². The Morgan fingerprint density at radius 2 is 2.29 bits per heavy atom. The van der Waals surface area contributed by atoms with Crippen molar-refractivity contribution in [3.8, 4) is 0 Å². The van der Waals surface area contributed by atoms with Crippen molar-refractivity contribution < 1.29 is 13.9 Å². The topological polar surface area (TPSA) is 26.3 Å². The molecule has 0 heterocycles. The maximum Gasteiger partial charge on any atom is 0.310 e. The molecule has 0 amide bonds. The van der Waals surface area contributed by atoms with Gasteiger partial charge in [0.2, 0.25) is 0 Å². The summed E-state index contributed by atoms with van der Waals surface area (Å²) < 4.78 is 17.6. The molecule has 0 aliphatic carbocycles. The van der Waals surface area contributed by atoms with Gasteiger partial charge in [-0.2, -0.15) is 0 Å². The Bertz CT molecular complexity index is 310. The quantitative estimate of drug-likeness (QED) is 0.691. The van der Waals surface area contributed by atoms with Crippen LogP contribution in [0.4, 0.5) is 4.39 Å². The Kier molecular flexibility index (Phi) is 4.11. The van der Waals surface area contributed by atoms with E-state index in [1.807, 2.05) is 6.92 Å². The van der Waals surface area contributed by atoms with Gasteiger partial charge in [-0.3, -0.25) is 4.79 Å². The lowest BCUT2D eigenvalue weighted by Gasteiger charge is -2.02. The van der Waals surface area contributed by atoms with Gasteiger partial charge in [-0.05, 0) is 24.1 Å². The number of benzene rings is 1. The summed E-state index contributed by atoms with van der Waals surface area (Å²) in [4.78, 5) is 11.1. The largest absolute Gasteiger partial charge is 0.465 e. The van der Waals surface area contributed by atoms with Crippen molar-refractivity contribution in [3.05, 3.63) is 35.6 Å². The lowest BCUT2D eigenvalue weighted by molar-refractivity contribution is -0.142. The van der Waals surface area contributed by atoms with E-state index in [2.05, 4.69) is 0 Å². The maximum absolute atomic E-state index is 12.7. The highest BCUT2D eigenvalue weighted by Crippen LogP contribution is 2.05. The van der Waals surface area contributed by atoms with Crippen molar-refractivity contribution in [3.63, 3.8) is 0 Å². The van der Waals surface area contributed by atoms with E-state index in [0.29, 0.717) is 12.2 Å². The van der Waals surface area contributed by atoms with Gasteiger partial charge in [0.05, 0.1) is 13.0 Å². The van der Waals surface area contributed by atoms with Crippen molar-refractivity contribution in [2.75, 3.05) is 6.61 Å². The fourth-order valence-electron chi connectivity index (χ4n) is 1.08. The summed E-state index contributed by atoms with van der Waals surface area (Å²) in [5.74, 6) is -0.636. The van der Waals surface area contributed by atoms with Crippen molar-refractivity contribution >= 4 is 5.97 Å². The second kappa shape index (κ2) is 5.37. The van der Waals surface area contributed by atoms with Crippen LogP contribution in [0, 0.1) is 5.82 Å². The van der Waals surface area contributed by atoms with E-state index in [4.69, 9.17) is 4.74 Å². The fourth-order valence-corrected chi connectivity index (χ4v) is 1.08. The van der Waals surface area contributed by atoms with E-state index < -0.39 is 0 Å². The Morgan fingerprint density at radius 3 is 2.93 bits per heavy atom. The number of carbonyl (C=O) groups is 1. The van der Waals surface area contributed by atoms with Gasteiger partial charge in [-0.25, -0.2) is 4.39 Å². The normalized spacial score (nSPS) is 9.86. The number of carbonyl (C=O) groups excluding carboxylic acids is 1. The van der Waals surface area contributed by atoms with Crippen LogP contribution in [0.5, 0.6) is 0 Å². The first-order valence-electron chi connectivity index (χ1n) is 4.62. The first-order chi connectivity index (χ1) is 6.72.